The van der Waals surface area contributed by atoms with Gasteiger partial charge in [-0.2, -0.15) is 0 Å². The van der Waals surface area contributed by atoms with Crippen LogP contribution in [0.1, 0.15) is 107 Å². The van der Waals surface area contributed by atoms with Crippen LogP contribution in [-0.4, -0.2) is 65.0 Å². The topological polar surface area (TPSA) is 97.6 Å². The molecule has 6 aliphatic rings. The summed E-state index contributed by atoms with van der Waals surface area (Å²) in [5.41, 5.74) is 2.90. The minimum Gasteiger partial charge on any atom is -0.392 e. The Kier molecular flexibility index (Phi) is 7.87. The first-order valence-corrected chi connectivity index (χ1v) is 16.7. The molecule has 3 unspecified atom stereocenters. The van der Waals surface area contributed by atoms with Crippen molar-refractivity contribution in [2.24, 2.45) is 17.3 Å². The average Bonchev–Trinajstić information content (AvgIpc) is 3.56. The summed E-state index contributed by atoms with van der Waals surface area (Å²) < 4.78 is 24.0. The van der Waals surface area contributed by atoms with E-state index in [4.69, 9.17) is 18.9 Å². The Morgan fingerprint density at radius 3 is 2.50 bits per heavy atom. The molecule has 232 valence electrons. The highest BCUT2D eigenvalue weighted by Gasteiger charge is 2.64. The number of aliphatic hydroxyl groups excluding tert-OH is 1. The molecule has 2 saturated heterocycles. The zero-order valence-corrected chi connectivity index (χ0v) is 25.3. The molecule has 7 rings (SSSR count). The normalized spacial score (nSPS) is 41.0. The Morgan fingerprint density at radius 2 is 1.76 bits per heavy atom. The zero-order chi connectivity index (χ0) is 29.0. The number of hydrogen-bond donors (Lipinski definition) is 3. The second-order valence-electron chi connectivity index (χ2n) is 14.4. The largest absolute Gasteiger partial charge is 0.392 e. The average molecular weight is 583 g/mol. The summed E-state index contributed by atoms with van der Waals surface area (Å²) in [5, 5.41) is 34.4. The molecule has 4 aliphatic carbocycles. The summed E-state index contributed by atoms with van der Waals surface area (Å²) in [6.45, 7) is 4.98. The molecule has 7 atom stereocenters. The Balaban J connectivity index is 1.19. The van der Waals surface area contributed by atoms with Crippen molar-refractivity contribution in [1.29, 1.82) is 0 Å². The molecule has 2 aliphatic heterocycles. The van der Waals surface area contributed by atoms with Gasteiger partial charge in [0.1, 0.15) is 0 Å². The first kappa shape index (κ1) is 29.4. The Labute approximate surface area is 250 Å². The van der Waals surface area contributed by atoms with E-state index in [-0.39, 0.29) is 24.2 Å². The van der Waals surface area contributed by atoms with E-state index in [2.05, 4.69) is 19.1 Å². The number of benzene rings is 1. The van der Waals surface area contributed by atoms with Crippen molar-refractivity contribution in [3.63, 3.8) is 0 Å². The minimum absolute atomic E-state index is 0.0247. The summed E-state index contributed by atoms with van der Waals surface area (Å²) >= 11 is 0. The predicted octanol–water partition coefficient (Wildman–Crippen LogP) is 5.50. The van der Waals surface area contributed by atoms with Crippen LogP contribution >= 0.6 is 0 Å². The SMILES string of the molecule is C[C@]12C[C@H](c3ccc(CO)cc3)C3=C4CCC5(C[C@]4(O)CCC3C1CC[C@@]2(O)CCCOC1CCCCO1)OCCO5. The third-order valence-electron chi connectivity index (χ3n) is 12.3. The Bertz CT molecular complexity index is 1150. The number of ether oxygens (including phenoxy) is 4. The molecule has 0 radical (unpaired) electrons. The molecule has 1 aromatic rings. The van der Waals surface area contributed by atoms with Crippen LogP contribution in [0.2, 0.25) is 0 Å². The summed E-state index contributed by atoms with van der Waals surface area (Å²) in [6.07, 6.45) is 11.2. The van der Waals surface area contributed by atoms with Gasteiger partial charge >= 0.3 is 0 Å². The maximum atomic E-state index is 12.4. The van der Waals surface area contributed by atoms with E-state index in [1.165, 1.54) is 16.7 Å². The van der Waals surface area contributed by atoms with Crippen molar-refractivity contribution in [3.8, 4) is 0 Å². The van der Waals surface area contributed by atoms with Crippen molar-refractivity contribution in [1.82, 2.24) is 0 Å². The lowest BCUT2D eigenvalue weighted by molar-refractivity contribution is -0.208. The van der Waals surface area contributed by atoms with E-state index in [0.29, 0.717) is 38.1 Å². The second kappa shape index (κ2) is 11.2. The number of allylic oxidation sites excluding steroid dienone is 1. The third-order valence-corrected chi connectivity index (χ3v) is 12.3. The van der Waals surface area contributed by atoms with Gasteiger partial charge in [0, 0.05) is 37.4 Å². The Hall–Kier alpha value is -1.32. The van der Waals surface area contributed by atoms with Gasteiger partial charge in [0.2, 0.25) is 0 Å². The first-order valence-electron chi connectivity index (χ1n) is 16.7. The van der Waals surface area contributed by atoms with Gasteiger partial charge in [-0.3, -0.25) is 0 Å². The van der Waals surface area contributed by atoms with Crippen molar-refractivity contribution in [2.45, 2.75) is 126 Å². The third kappa shape index (κ3) is 4.92. The van der Waals surface area contributed by atoms with Gasteiger partial charge in [0.15, 0.2) is 12.1 Å². The van der Waals surface area contributed by atoms with Crippen LogP contribution in [0.4, 0.5) is 0 Å². The molecular formula is C35H50O7. The van der Waals surface area contributed by atoms with Gasteiger partial charge in [-0.1, -0.05) is 36.8 Å². The maximum Gasteiger partial charge on any atom is 0.171 e. The quantitative estimate of drug-likeness (QED) is 0.289. The van der Waals surface area contributed by atoms with E-state index in [1.54, 1.807) is 0 Å². The highest BCUT2D eigenvalue weighted by molar-refractivity contribution is 5.44. The van der Waals surface area contributed by atoms with Crippen molar-refractivity contribution in [3.05, 3.63) is 46.5 Å². The zero-order valence-electron chi connectivity index (χ0n) is 25.3. The van der Waals surface area contributed by atoms with Gasteiger partial charge in [0.05, 0.1) is 31.0 Å². The molecule has 1 spiro atoms. The van der Waals surface area contributed by atoms with Gasteiger partial charge in [-0.15, -0.1) is 0 Å². The summed E-state index contributed by atoms with van der Waals surface area (Å²) in [7, 11) is 0. The fraction of sp³-hybridized carbons (Fsp3) is 0.771. The molecule has 0 amide bonds. The second-order valence-corrected chi connectivity index (χ2v) is 14.4. The molecule has 7 heteroatoms. The van der Waals surface area contributed by atoms with Gasteiger partial charge < -0.3 is 34.3 Å². The lowest BCUT2D eigenvalue weighted by Crippen LogP contribution is -2.55. The van der Waals surface area contributed by atoms with Crippen LogP contribution in [0.5, 0.6) is 0 Å². The molecular weight excluding hydrogens is 532 g/mol. The number of hydrogen-bond acceptors (Lipinski definition) is 7. The van der Waals surface area contributed by atoms with Crippen molar-refractivity contribution >= 4 is 0 Å². The summed E-state index contributed by atoms with van der Waals surface area (Å²) in [5.74, 6) is 0.217. The van der Waals surface area contributed by atoms with Crippen LogP contribution in [0.3, 0.4) is 0 Å². The lowest BCUT2D eigenvalue weighted by atomic mass is 9.49. The molecule has 3 N–H and O–H groups in total. The van der Waals surface area contributed by atoms with Crippen LogP contribution in [-0.2, 0) is 25.6 Å². The molecule has 0 bridgehead atoms. The van der Waals surface area contributed by atoms with E-state index in [0.717, 1.165) is 89.2 Å². The molecule has 2 heterocycles. The molecule has 7 nitrogen and oxygen atoms in total. The summed E-state index contributed by atoms with van der Waals surface area (Å²) in [4.78, 5) is 0. The highest BCUT2D eigenvalue weighted by Crippen LogP contribution is 2.68. The van der Waals surface area contributed by atoms with Gasteiger partial charge in [-0.25, -0.2) is 0 Å². The number of fused-ring (bicyclic) bond motifs is 4. The van der Waals surface area contributed by atoms with E-state index in [1.807, 2.05) is 12.1 Å². The Morgan fingerprint density at radius 1 is 0.952 bits per heavy atom. The molecule has 1 aromatic carbocycles. The maximum absolute atomic E-state index is 12.4. The summed E-state index contributed by atoms with van der Waals surface area (Å²) in [6, 6.07) is 8.39. The van der Waals surface area contributed by atoms with Gasteiger partial charge in [-0.05, 0) is 99.2 Å². The van der Waals surface area contributed by atoms with Crippen LogP contribution in [0, 0.1) is 17.3 Å². The molecule has 3 saturated carbocycles. The molecule has 0 aromatic heterocycles. The van der Waals surface area contributed by atoms with Gasteiger partial charge in [0.25, 0.3) is 0 Å². The van der Waals surface area contributed by atoms with Crippen LogP contribution < -0.4 is 0 Å². The highest BCUT2D eigenvalue weighted by atomic mass is 16.7. The number of aliphatic hydroxyl groups is 3. The monoisotopic (exact) mass is 582 g/mol. The molecule has 42 heavy (non-hydrogen) atoms. The lowest BCUT2D eigenvalue weighted by Gasteiger charge is -2.57. The van der Waals surface area contributed by atoms with E-state index >= 15 is 0 Å². The fourth-order valence-corrected chi connectivity index (χ4v) is 10.1. The van der Waals surface area contributed by atoms with Crippen molar-refractivity contribution < 1.29 is 34.3 Å². The minimum atomic E-state index is -0.904. The molecule has 5 fully saturated rings. The van der Waals surface area contributed by atoms with E-state index < -0.39 is 17.0 Å². The number of rotatable bonds is 7. The van der Waals surface area contributed by atoms with Crippen molar-refractivity contribution in [2.75, 3.05) is 26.4 Å². The standard InChI is InChI=1S/C35H50O7/c1-32-21-27(25-8-6-24(22-36)7-9-25)31-26(10-14-33(37)23-35(16-12-29(31)33)41-19-20-42-35)28(32)11-15-34(32,38)13-4-18-40-30-5-2-3-17-39-30/h6-9,26-28,30,36-38H,2-5,10-23H2,1H3/t26?,27-,28?,30?,32+,33-,34+/m1/s1. The first-order chi connectivity index (χ1) is 20.3. The van der Waals surface area contributed by atoms with Crippen LogP contribution in [0.15, 0.2) is 35.4 Å². The van der Waals surface area contributed by atoms with E-state index in [9.17, 15) is 15.3 Å². The predicted molar refractivity (Wildman–Crippen MR) is 157 cm³/mol. The fourth-order valence-electron chi connectivity index (χ4n) is 10.1. The van der Waals surface area contributed by atoms with Crippen LogP contribution in [0.25, 0.3) is 0 Å². The smallest absolute Gasteiger partial charge is 0.171 e.